The van der Waals surface area contributed by atoms with Crippen molar-refractivity contribution in [3.05, 3.63) is 157 Å². The fraction of sp³-hybridized carbons (Fsp3) is 0.479. The van der Waals surface area contributed by atoms with Gasteiger partial charge in [-0.15, -0.1) is 0 Å². The highest BCUT2D eigenvalue weighted by molar-refractivity contribution is 6.32. The zero-order valence-corrected chi connectivity index (χ0v) is 75.7. The van der Waals surface area contributed by atoms with Crippen molar-refractivity contribution in [1.82, 2.24) is 20.4 Å². The fourth-order valence-corrected chi connectivity index (χ4v) is 16.8. The molecule has 726 valence electrons. The summed E-state index contributed by atoms with van der Waals surface area (Å²) in [5.74, 6) is -11.3. The van der Waals surface area contributed by atoms with Gasteiger partial charge in [0.25, 0.3) is 23.6 Å². The number of hydrogen-bond acceptors (Lipinski definition) is 37. The highest BCUT2D eigenvalue weighted by Gasteiger charge is 2.54. The first-order valence-corrected chi connectivity index (χ1v) is 43.5. The Bertz CT molecular complexity index is 5500. The predicted octanol–water partition coefficient (Wildman–Crippen LogP) is 5.50. The summed E-state index contributed by atoms with van der Waals surface area (Å²) in [6.45, 7) is 11.4. The summed E-state index contributed by atoms with van der Waals surface area (Å²) < 4.78 is 59.7. The maximum absolute atomic E-state index is 13.9. The van der Waals surface area contributed by atoms with Crippen LogP contribution in [-0.4, -0.2) is 269 Å². The summed E-state index contributed by atoms with van der Waals surface area (Å²) in [6, 6.07) is 13.8. The summed E-state index contributed by atoms with van der Waals surface area (Å²) in [5, 5.41) is 119. The zero-order valence-electron chi connectivity index (χ0n) is 75.7. The van der Waals surface area contributed by atoms with Gasteiger partial charge < -0.3 is 119 Å². The predicted molar refractivity (Wildman–Crippen MR) is 464 cm³/mol. The van der Waals surface area contributed by atoms with Gasteiger partial charge in [-0.25, -0.2) is 9.59 Å². The van der Waals surface area contributed by atoms with Crippen LogP contribution in [0, 0.1) is 5.41 Å². The minimum atomic E-state index is -2.39. The molecular formula is C94H109N5O36. The van der Waals surface area contributed by atoms with Crippen molar-refractivity contribution in [1.29, 1.82) is 0 Å². The Hall–Kier alpha value is -13.0. The minimum absolute atomic E-state index is 0.0221. The van der Waals surface area contributed by atoms with E-state index in [1.54, 1.807) is 20.8 Å². The molecule has 13 rings (SSSR count). The average molecular weight is 1880 g/mol. The number of nitrogens with one attached hydrogen (secondary N) is 3. The lowest BCUT2D eigenvalue weighted by atomic mass is 9.72. The third-order valence-electron chi connectivity index (χ3n) is 23.7. The van der Waals surface area contributed by atoms with Crippen LogP contribution in [-0.2, 0) is 105 Å². The second kappa shape index (κ2) is 43.1. The number of unbranched alkanes of at least 4 members (excludes halogenated alkanes) is 4. The van der Waals surface area contributed by atoms with Gasteiger partial charge in [0.15, 0.2) is 35.7 Å². The molecule has 5 aromatic carbocycles. The molecule has 13 N–H and O–H groups in total. The number of phenols is 4. The number of methoxy groups -OCH3 is 2. The number of fused-ring (bicyclic) bond motifs is 6. The number of carbonyl (C=O) groups is 15. The van der Waals surface area contributed by atoms with E-state index >= 15 is 0 Å². The molecular weight excluding hydrogens is 1780 g/mol. The summed E-state index contributed by atoms with van der Waals surface area (Å²) >= 11 is 0. The molecule has 12 atom stereocenters. The van der Waals surface area contributed by atoms with Gasteiger partial charge in [0.2, 0.25) is 25.2 Å². The summed E-state index contributed by atoms with van der Waals surface area (Å²) in [7, 11) is 2.59. The van der Waals surface area contributed by atoms with Gasteiger partial charge in [-0.05, 0) is 111 Å². The molecule has 135 heavy (non-hydrogen) atoms. The molecule has 2 saturated heterocycles. The monoisotopic (exact) mass is 1880 g/mol. The molecule has 0 aromatic heterocycles. The highest BCUT2D eigenvalue weighted by atomic mass is 16.7. The Morgan fingerprint density at radius 1 is 0.481 bits per heavy atom. The van der Waals surface area contributed by atoms with Crippen LogP contribution in [0.4, 0.5) is 15.3 Å². The van der Waals surface area contributed by atoms with Gasteiger partial charge in [-0.1, -0.05) is 49.2 Å². The number of amides is 6. The molecule has 5 aromatic rings. The topological polar surface area (TPSA) is 602 Å². The number of anilines is 1. The highest BCUT2D eigenvalue weighted by Crippen LogP contribution is 2.55. The number of aliphatic hydroxyl groups is 6. The van der Waals surface area contributed by atoms with Crippen molar-refractivity contribution < 1.29 is 175 Å². The fourth-order valence-electron chi connectivity index (χ4n) is 16.8. The molecule has 6 amide bonds. The van der Waals surface area contributed by atoms with Crippen LogP contribution in [0.25, 0.3) is 0 Å². The van der Waals surface area contributed by atoms with Crippen LogP contribution in [0.15, 0.2) is 85.0 Å². The Morgan fingerprint density at radius 3 is 1.24 bits per heavy atom. The number of esters is 3. The Balaban J connectivity index is 0.000000212. The standard InChI is InChI=1S/C39H42N2O17.C39H44N2O13.C16H23NO6/c1-18-33(47)21(40-38(52)56-17-55-27(46)9-4-3-5-12-41-25(44)10-11-26(41)45)13-28(57-18)58-23-15-39(53,24(43)16-42)14-20-30(23)37(51)32-31(35(20)49)34(48)19-7-6-8-22(54-2)29(19)36(32)50;1-18-32(44)23(40-37(49)52-17-19-9-11-20(12-10-19)41-38(2,3)4)13-27(53-18)54-25-15-39(50,26(43)16-42)14-22-29(25)36(48)31-30(34(22)46)33(45)21-7-6-8-24(51-5)28(21)35(31)47;1-16(2,3)15(21)23-11-22-14(20)7-5-4-6-10-17-12(18)8-9-13(17)19/h6-8,10-11,18,21,23,28,33,42,47,49,51,53H,3-5,9,12-17H2,1-2H3,(H,40,52);6-12,18,23,25,27,32,41-42,44,46,48,50H,13-17H2,1-5H3,(H,40,49);8-9H,4-7,10-11H2,1-3H3/t18-,21-,23-,28-,33+,39-;18-,23-,25-,27-,32+,39-;/m00./s1. The van der Waals surface area contributed by atoms with E-state index in [0.29, 0.717) is 45.1 Å². The molecule has 2 fully saturated rings. The maximum Gasteiger partial charge on any atom is 0.410 e. The van der Waals surface area contributed by atoms with E-state index in [9.17, 15) is 123 Å². The largest absolute Gasteiger partial charge is 0.507 e. The van der Waals surface area contributed by atoms with E-state index in [1.807, 2.05) is 45.0 Å². The molecule has 4 heterocycles. The summed E-state index contributed by atoms with van der Waals surface area (Å²) in [5.41, 5.74) is -7.51. The van der Waals surface area contributed by atoms with Gasteiger partial charge in [-0.3, -0.25) is 72.1 Å². The summed E-state index contributed by atoms with van der Waals surface area (Å²) in [4.78, 5) is 190. The minimum Gasteiger partial charge on any atom is -0.507 e. The smallest absolute Gasteiger partial charge is 0.410 e. The van der Waals surface area contributed by atoms with Crippen molar-refractivity contribution in [3.8, 4) is 34.5 Å². The number of aromatic hydroxyl groups is 4. The Morgan fingerprint density at radius 2 is 0.867 bits per heavy atom. The van der Waals surface area contributed by atoms with Gasteiger partial charge in [-0.2, -0.15) is 0 Å². The second-order valence-electron chi connectivity index (χ2n) is 35.5. The number of benzene rings is 5. The molecule has 0 bridgehead atoms. The first kappa shape index (κ1) is 103. The third kappa shape index (κ3) is 23.3. The van der Waals surface area contributed by atoms with E-state index in [1.165, 1.54) is 93.7 Å². The van der Waals surface area contributed by atoms with E-state index in [-0.39, 0.29) is 119 Å². The van der Waals surface area contributed by atoms with Crippen LogP contribution in [0.3, 0.4) is 0 Å². The van der Waals surface area contributed by atoms with E-state index in [4.69, 9.17) is 52.1 Å². The van der Waals surface area contributed by atoms with Crippen molar-refractivity contribution in [3.63, 3.8) is 0 Å². The summed E-state index contributed by atoms with van der Waals surface area (Å²) in [6.07, 6.45) is -6.63. The van der Waals surface area contributed by atoms with Crippen molar-refractivity contribution >= 4 is 94.1 Å². The van der Waals surface area contributed by atoms with Gasteiger partial charge in [0.1, 0.15) is 77.7 Å². The number of ketones is 6. The number of imide groups is 2. The van der Waals surface area contributed by atoms with Crippen LogP contribution in [0.5, 0.6) is 34.5 Å². The lowest BCUT2D eigenvalue weighted by molar-refractivity contribution is -0.249. The van der Waals surface area contributed by atoms with Crippen molar-refractivity contribution in [2.24, 2.45) is 5.41 Å². The van der Waals surface area contributed by atoms with Gasteiger partial charge >= 0.3 is 30.1 Å². The number of alkyl carbamates (subject to hydrolysis) is 2. The third-order valence-corrected chi connectivity index (χ3v) is 23.7. The molecule has 41 nitrogen and oxygen atoms in total. The molecule has 4 aliphatic heterocycles. The number of aliphatic hydroxyl groups excluding tert-OH is 4. The van der Waals surface area contributed by atoms with Crippen molar-refractivity contribution in [2.75, 3.05) is 59.4 Å². The molecule has 0 unspecified atom stereocenters. The zero-order chi connectivity index (χ0) is 98.8. The second-order valence-corrected chi connectivity index (χ2v) is 35.5. The Kier molecular flexibility index (Phi) is 32.8. The number of carbonyl (C=O) groups excluding carboxylic acids is 15. The van der Waals surface area contributed by atoms with Crippen LogP contribution in [0.2, 0.25) is 0 Å². The average Bonchev–Trinajstić information content (AvgIpc) is 0.952. The Labute approximate surface area is 772 Å². The molecule has 4 aliphatic carbocycles. The quantitative estimate of drug-likeness (QED) is 0.00637. The van der Waals surface area contributed by atoms with Crippen LogP contribution < -0.4 is 25.4 Å². The molecule has 0 radical (unpaired) electrons. The first-order chi connectivity index (χ1) is 63.8. The normalized spacial score (nSPS) is 23.1. The van der Waals surface area contributed by atoms with Crippen molar-refractivity contribution in [2.45, 2.75) is 230 Å². The van der Waals surface area contributed by atoms with Gasteiger partial charge in [0.05, 0.1) is 89.5 Å². The molecule has 0 spiro atoms. The number of ether oxygens (including phenoxy) is 11. The van der Waals surface area contributed by atoms with E-state index in [2.05, 4.69) is 16.0 Å². The van der Waals surface area contributed by atoms with E-state index in [0.717, 1.165) is 16.2 Å². The van der Waals surface area contributed by atoms with E-state index < -0.39 is 245 Å². The number of nitrogens with zero attached hydrogens (tertiary/aromatic N) is 2. The SMILES string of the molecule is CC(C)(C)C(=O)OCOC(=O)CCCCCN1C(=O)C=CC1=O.COc1cccc2c1C(=O)c1c(O)c3c(c(O)c1C2=O)C[C@@](O)(C(=O)CO)C[C@@H]3O[C@H]1C[C@H](NC(=O)OCOC(=O)CCCCCN2C(=O)C=CC2=O)[C@H](O)[C@H](C)O1.COc1cccc2c1C(=O)c1c(O)c3c(c(O)c1C2=O)C[C@@](O)(C(=O)CO)C[C@@H]3O[C@H]1C[C@H](NC(=O)OCc2ccc(NC(C)(C)C)cc2)[C@H](O)[C@H](C)O1. The number of hydrogen-bond donors (Lipinski definition) is 13. The molecule has 0 saturated carbocycles. The molecule has 8 aliphatic rings. The molecule has 41 heteroatoms. The van der Waals surface area contributed by atoms with Crippen LogP contribution >= 0.6 is 0 Å². The maximum atomic E-state index is 13.9. The van der Waals surface area contributed by atoms with Gasteiger partial charge in [0, 0.05) is 133 Å². The lowest BCUT2D eigenvalue weighted by Crippen LogP contribution is -2.56. The first-order valence-electron chi connectivity index (χ1n) is 43.5. The number of Topliss-reactive ketones (excluding diaryl/α,β-unsaturated/α-hetero) is 2. The number of phenolic OH excluding ortho intramolecular Hbond substituents is 4. The lowest BCUT2D eigenvalue weighted by Gasteiger charge is -2.42. The number of rotatable bonds is 31. The van der Waals surface area contributed by atoms with Crippen LogP contribution in [0.1, 0.15) is 236 Å².